The summed E-state index contributed by atoms with van der Waals surface area (Å²) in [5, 5.41) is 4.32. The second-order valence-corrected chi connectivity index (χ2v) is 5.74. The molecule has 1 heterocycles. The summed E-state index contributed by atoms with van der Waals surface area (Å²) in [6, 6.07) is 10.5. The van der Waals surface area contributed by atoms with Crippen molar-refractivity contribution < 1.29 is 0 Å². The summed E-state index contributed by atoms with van der Waals surface area (Å²) >= 11 is 0. The van der Waals surface area contributed by atoms with Gasteiger partial charge in [-0.3, -0.25) is 4.90 Å². The predicted molar refractivity (Wildman–Crippen MR) is 91.7 cm³/mol. The Hall–Kier alpha value is -1.43. The number of halogens is 1. The maximum atomic E-state index is 5.75. The van der Waals surface area contributed by atoms with Gasteiger partial charge in [-0.1, -0.05) is 44.2 Å². The van der Waals surface area contributed by atoms with Gasteiger partial charge in [-0.25, -0.2) is 9.67 Å². The van der Waals surface area contributed by atoms with Crippen LogP contribution in [0.15, 0.2) is 36.7 Å². The van der Waals surface area contributed by atoms with E-state index < -0.39 is 0 Å². The monoisotopic (exact) mass is 323 g/mol. The predicted octanol–water partition coefficient (Wildman–Crippen LogP) is 2.32. The highest BCUT2D eigenvalue weighted by molar-refractivity contribution is 5.85. The lowest BCUT2D eigenvalue weighted by Crippen LogP contribution is -2.30. The molecule has 5 nitrogen and oxygen atoms in total. The van der Waals surface area contributed by atoms with Crippen LogP contribution in [0, 0.1) is 5.92 Å². The van der Waals surface area contributed by atoms with Crippen molar-refractivity contribution in [2.75, 3.05) is 13.1 Å². The number of hydrogen-bond acceptors (Lipinski definition) is 4. The van der Waals surface area contributed by atoms with Crippen molar-refractivity contribution in [2.24, 2.45) is 11.7 Å². The summed E-state index contributed by atoms with van der Waals surface area (Å²) in [4.78, 5) is 6.72. The van der Waals surface area contributed by atoms with Crippen LogP contribution in [0.1, 0.15) is 25.2 Å². The summed E-state index contributed by atoms with van der Waals surface area (Å²) in [5.41, 5.74) is 7.04. The van der Waals surface area contributed by atoms with Gasteiger partial charge in [0.2, 0.25) is 0 Å². The molecule has 0 saturated carbocycles. The van der Waals surface area contributed by atoms with Crippen LogP contribution in [0.25, 0.3) is 0 Å². The molecule has 0 amide bonds. The van der Waals surface area contributed by atoms with Crippen molar-refractivity contribution in [3.8, 4) is 0 Å². The molecule has 0 bridgehead atoms. The molecule has 2 rings (SSSR count). The van der Waals surface area contributed by atoms with Gasteiger partial charge in [0.15, 0.2) is 0 Å². The minimum absolute atomic E-state index is 0. The maximum Gasteiger partial charge on any atom is 0.141 e. The van der Waals surface area contributed by atoms with Crippen molar-refractivity contribution in [2.45, 2.75) is 33.5 Å². The summed E-state index contributed by atoms with van der Waals surface area (Å²) in [5.74, 6) is 1.57. The van der Waals surface area contributed by atoms with Crippen molar-refractivity contribution in [1.82, 2.24) is 19.7 Å². The molecule has 122 valence electrons. The largest absolute Gasteiger partial charge is 0.329 e. The second kappa shape index (κ2) is 9.56. The lowest BCUT2D eigenvalue weighted by atomic mass is 10.2. The Kier molecular flexibility index (Phi) is 8.09. The van der Waals surface area contributed by atoms with E-state index in [0.717, 1.165) is 32.0 Å². The number of rotatable bonds is 8. The van der Waals surface area contributed by atoms with Crippen molar-refractivity contribution in [1.29, 1.82) is 0 Å². The molecule has 0 unspecified atom stereocenters. The zero-order valence-corrected chi connectivity index (χ0v) is 14.2. The summed E-state index contributed by atoms with van der Waals surface area (Å²) < 4.78 is 2.00. The highest BCUT2D eigenvalue weighted by Gasteiger charge is 2.12. The Labute approximate surface area is 138 Å². The lowest BCUT2D eigenvalue weighted by Gasteiger charge is -2.21. The quantitative estimate of drug-likeness (QED) is 0.810. The first-order valence-corrected chi connectivity index (χ1v) is 7.52. The van der Waals surface area contributed by atoms with Crippen LogP contribution < -0.4 is 5.73 Å². The summed E-state index contributed by atoms with van der Waals surface area (Å²) in [6.07, 6.45) is 1.64. The second-order valence-electron chi connectivity index (χ2n) is 5.74. The maximum absolute atomic E-state index is 5.75. The van der Waals surface area contributed by atoms with E-state index >= 15 is 0 Å². The van der Waals surface area contributed by atoms with E-state index in [1.54, 1.807) is 6.33 Å². The van der Waals surface area contributed by atoms with Gasteiger partial charge in [0, 0.05) is 26.2 Å². The fraction of sp³-hybridized carbons (Fsp3) is 0.500. The standard InChI is InChI=1S/C16H25N5.ClH/c1-14(2)10-21-16(18-13-19-21)12-20(9-8-17)11-15-6-4-3-5-7-15;/h3-7,13-14H,8-12,17H2,1-2H3;1H. The normalized spacial score (nSPS) is 11.0. The first-order chi connectivity index (χ1) is 10.2. The molecule has 6 heteroatoms. The summed E-state index contributed by atoms with van der Waals surface area (Å²) in [6.45, 7) is 8.43. The fourth-order valence-electron chi connectivity index (χ4n) is 2.35. The van der Waals surface area contributed by atoms with E-state index in [0.29, 0.717) is 12.5 Å². The Morgan fingerprint density at radius 1 is 1.18 bits per heavy atom. The number of hydrogen-bond donors (Lipinski definition) is 1. The molecule has 2 N–H and O–H groups in total. The molecule has 0 radical (unpaired) electrons. The average molecular weight is 324 g/mol. The molecule has 2 aromatic rings. The van der Waals surface area contributed by atoms with Gasteiger partial charge in [0.05, 0.1) is 6.54 Å². The van der Waals surface area contributed by atoms with Crippen LogP contribution in [0.3, 0.4) is 0 Å². The van der Waals surface area contributed by atoms with Gasteiger partial charge in [-0.15, -0.1) is 12.4 Å². The van der Waals surface area contributed by atoms with E-state index in [2.05, 4.69) is 53.1 Å². The highest BCUT2D eigenvalue weighted by Crippen LogP contribution is 2.09. The van der Waals surface area contributed by atoms with Gasteiger partial charge in [-0.05, 0) is 11.5 Å². The molecule has 0 aliphatic rings. The van der Waals surface area contributed by atoms with Crippen molar-refractivity contribution in [3.05, 3.63) is 48.0 Å². The minimum atomic E-state index is 0. The Morgan fingerprint density at radius 2 is 1.91 bits per heavy atom. The number of aromatic nitrogens is 3. The molecule has 0 aliphatic carbocycles. The zero-order valence-electron chi connectivity index (χ0n) is 13.4. The third-order valence-electron chi connectivity index (χ3n) is 3.29. The lowest BCUT2D eigenvalue weighted by molar-refractivity contribution is 0.250. The molecule has 0 atom stereocenters. The van der Waals surface area contributed by atoms with E-state index in [9.17, 15) is 0 Å². The molecule has 0 saturated heterocycles. The Bertz CT molecular complexity index is 526. The topological polar surface area (TPSA) is 60.0 Å². The number of nitrogens with zero attached hydrogens (tertiary/aromatic N) is 4. The van der Waals surface area contributed by atoms with E-state index in [4.69, 9.17) is 5.73 Å². The Morgan fingerprint density at radius 3 is 2.55 bits per heavy atom. The van der Waals surface area contributed by atoms with Gasteiger partial charge in [-0.2, -0.15) is 5.10 Å². The van der Waals surface area contributed by atoms with Crippen molar-refractivity contribution in [3.63, 3.8) is 0 Å². The SMILES string of the molecule is CC(C)Cn1ncnc1CN(CCN)Cc1ccccc1.Cl. The van der Waals surface area contributed by atoms with Gasteiger partial charge in [0.25, 0.3) is 0 Å². The minimum Gasteiger partial charge on any atom is -0.329 e. The molecular weight excluding hydrogens is 298 g/mol. The molecule has 0 fully saturated rings. The molecule has 0 spiro atoms. The average Bonchev–Trinajstić information content (AvgIpc) is 2.86. The Balaban J connectivity index is 0.00000242. The van der Waals surface area contributed by atoms with E-state index in [1.807, 2.05) is 10.7 Å². The molecular formula is C16H26ClN5. The summed E-state index contributed by atoms with van der Waals surface area (Å²) in [7, 11) is 0. The van der Waals surface area contributed by atoms with Gasteiger partial charge >= 0.3 is 0 Å². The van der Waals surface area contributed by atoms with Crippen LogP contribution in [0.5, 0.6) is 0 Å². The first kappa shape index (κ1) is 18.6. The van der Waals surface area contributed by atoms with E-state index in [-0.39, 0.29) is 12.4 Å². The third-order valence-corrected chi connectivity index (χ3v) is 3.29. The molecule has 22 heavy (non-hydrogen) atoms. The molecule has 1 aromatic carbocycles. The smallest absolute Gasteiger partial charge is 0.141 e. The number of nitrogens with two attached hydrogens (primary N) is 1. The molecule has 1 aromatic heterocycles. The third kappa shape index (κ3) is 5.75. The number of benzene rings is 1. The van der Waals surface area contributed by atoms with Crippen LogP contribution in [-0.4, -0.2) is 32.8 Å². The van der Waals surface area contributed by atoms with Crippen LogP contribution in [0.2, 0.25) is 0 Å². The highest BCUT2D eigenvalue weighted by atomic mass is 35.5. The van der Waals surface area contributed by atoms with Crippen molar-refractivity contribution >= 4 is 12.4 Å². The fourth-order valence-corrected chi connectivity index (χ4v) is 2.35. The molecule has 0 aliphatic heterocycles. The zero-order chi connectivity index (χ0) is 15.1. The van der Waals surface area contributed by atoms with E-state index in [1.165, 1.54) is 5.56 Å². The van der Waals surface area contributed by atoms with Crippen LogP contribution in [-0.2, 0) is 19.6 Å². The van der Waals surface area contributed by atoms with Crippen LogP contribution in [0.4, 0.5) is 0 Å². The van der Waals surface area contributed by atoms with Gasteiger partial charge in [0.1, 0.15) is 12.2 Å². The van der Waals surface area contributed by atoms with Crippen LogP contribution >= 0.6 is 12.4 Å². The van der Waals surface area contributed by atoms with Gasteiger partial charge < -0.3 is 5.73 Å². The first-order valence-electron chi connectivity index (χ1n) is 7.52.